The molecular formula is C66H49BN2. The predicted molar refractivity (Wildman–Crippen MR) is 296 cm³/mol. The van der Waals surface area contributed by atoms with Crippen LogP contribution in [0.15, 0.2) is 164 Å². The first-order chi connectivity index (χ1) is 34.3. The minimum absolute atomic E-state index is 0.0645. The predicted octanol–water partition coefficient (Wildman–Crippen LogP) is 16.0. The highest BCUT2D eigenvalue weighted by atomic mass is 15.0. The van der Waals surface area contributed by atoms with Crippen molar-refractivity contribution in [1.29, 1.82) is 0 Å². The van der Waals surface area contributed by atoms with Crippen molar-refractivity contribution in [1.82, 2.24) is 9.13 Å². The molecule has 0 N–H and O–H groups in total. The molecule has 2 fully saturated rings. The summed E-state index contributed by atoms with van der Waals surface area (Å²) in [7, 11) is 0. The van der Waals surface area contributed by atoms with Crippen molar-refractivity contribution >= 4 is 131 Å². The Morgan fingerprint density at radius 3 is 1.42 bits per heavy atom. The summed E-state index contributed by atoms with van der Waals surface area (Å²) in [6.07, 6.45) is 13.1. The third kappa shape index (κ3) is 4.79. The zero-order valence-corrected chi connectivity index (χ0v) is 38.8. The molecule has 4 heterocycles. The van der Waals surface area contributed by atoms with E-state index in [0.717, 1.165) is 0 Å². The minimum atomic E-state index is 0.0645. The van der Waals surface area contributed by atoms with Crippen LogP contribution in [-0.4, -0.2) is 15.8 Å². The normalized spacial score (nSPS) is 16.3. The highest BCUT2D eigenvalue weighted by molar-refractivity contribution is 7.00. The second kappa shape index (κ2) is 13.7. The van der Waals surface area contributed by atoms with Gasteiger partial charge in [0.1, 0.15) is 0 Å². The van der Waals surface area contributed by atoms with Crippen LogP contribution >= 0.6 is 0 Å². The second-order valence-electron chi connectivity index (χ2n) is 21.4. The molecule has 69 heavy (non-hydrogen) atoms. The quantitative estimate of drug-likeness (QED) is 0.121. The molecule has 2 aliphatic heterocycles. The highest BCUT2D eigenvalue weighted by Crippen LogP contribution is 2.49. The van der Waals surface area contributed by atoms with E-state index in [-0.39, 0.29) is 6.71 Å². The average molecular weight is 881 g/mol. The van der Waals surface area contributed by atoms with Crippen LogP contribution in [0.25, 0.3) is 120 Å². The van der Waals surface area contributed by atoms with Crippen LogP contribution in [0, 0.1) is 0 Å². The van der Waals surface area contributed by atoms with Gasteiger partial charge in [-0.2, -0.15) is 0 Å². The lowest BCUT2D eigenvalue weighted by Gasteiger charge is -2.34. The molecule has 326 valence electrons. The van der Waals surface area contributed by atoms with Crippen LogP contribution in [-0.2, 0) is 0 Å². The molecule has 3 heteroatoms. The van der Waals surface area contributed by atoms with E-state index >= 15 is 0 Å². The molecule has 17 rings (SSSR count). The SMILES string of the molecule is c1cc2c3c(c1)-n1c4ccc(C5CCCCC5)cc4c4c5c6ccccc6c6ccccc6c5cc(c41)B3c1cc(C3CCCCC3)cc3c4c5c6ccccc6c6ccccc6c5ccc4n-2c13. The van der Waals surface area contributed by atoms with Crippen LogP contribution in [0.1, 0.15) is 87.2 Å². The van der Waals surface area contributed by atoms with Gasteiger partial charge < -0.3 is 9.13 Å². The zero-order chi connectivity index (χ0) is 44.6. The zero-order valence-electron chi connectivity index (χ0n) is 38.8. The Morgan fingerprint density at radius 1 is 0.319 bits per heavy atom. The molecule has 0 saturated heterocycles. The molecule has 0 unspecified atom stereocenters. The average Bonchev–Trinajstić information content (AvgIpc) is 3.95. The lowest BCUT2D eigenvalue weighted by Crippen LogP contribution is -2.59. The van der Waals surface area contributed by atoms with E-state index in [1.807, 2.05) is 0 Å². The molecule has 2 nitrogen and oxygen atoms in total. The third-order valence-electron chi connectivity index (χ3n) is 18.2. The minimum Gasteiger partial charge on any atom is -0.310 e. The van der Waals surface area contributed by atoms with Crippen molar-refractivity contribution < 1.29 is 0 Å². The van der Waals surface area contributed by atoms with Crippen LogP contribution in [0.2, 0.25) is 0 Å². The van der Waals surface area contributed by atoms with E-state index in [9.17, 15) is 0 Å². The monoisotopic (exact) mass is 880 g/mol. The number of hydrogen-bond acceptors (Lipinski definition) is 0. The van der Waals surface area contributed by atoms with Crippen LogP contribution in [0.5, 0.6) is 0 Å². The first-order valence-electron chi connectivity index (χ1n) is 26.1. The highest BCUT2D eigenvalue weighted by Gasteiger charge is 2.42. The number of benzene rings is 11. The third-order valence-corrected chi connectivity index (χ3v) is 18.2. The van der Waals surface area contributed by atoms with Crippen molar-refractivity contribution in [2.45, 2.75) is 76.0 Å². The molecular weight excluding hydrogens is 832 g/mol. The van der Waals surface area contributed by atoms with Gasteiger partial charge in [-0.15, -0.1) is 0 Å². The molecule has 0 amide bonds. The Bertz CT molecular complexity index is 4420. The molecule has 2 aromatic heterocycles. The Hall–Kier alpha value is -7.36. The largest absolute Gasteiger partial charge is 0.310 e. The smallest absolute Gasteiger partial charge is 0.252 e. The van der Waals surface area contributed by atoms with E-state index < -0.39 is 0 Å². The molecule has 0 radical (unpaired) electrons. The fraction of sp³-hybridized carbons (Fsp3) is 0.182. The van der Waals surface area contributed by atoms with Crippen molar-refractivity contribution in [2.75, 3.05) is 0 Å². The Kier molecular flexibility index (Phi) is 7.45. The summed E-state index contributed by atoms with van der Waals surface area (Å²) in [6, 6.07) is 64.8. The van der Waals surface area contributed by atoms with Crippen LogP contribution in [0.3, 0.4) is 0 Å². The molecule has 0 spiro atoms. The number of aromatic nitrogens is 2. The van der Waals surface area contributed by atoms with Gasteiger partial charge in [-0.25, -0.2) is 0 Å². The van der Waals surface area contributed by atoms with Gasteiger partial charge in [0, 0.05) is 49.2 Å². The van der Waals surface area contributed by atoms with Gasteiger partial charge in [0.05, 0.1) is 16.6 Å². The maximum absolute atomic E-state index is 2.72. The maximum atomic E-state index is 2.72. The van der Waals surface area contributed by atoms with E-state index in [1.54, 1.807) is 0 Å². The first kappa shape index (κ1) is 37.6. The van der Waals surface area contributed by atoms with Crippen molar-refractivity contribution in [2.24, 2.45) is 0 Å². The summed E-state index contributed by atoms with van der Waals surface area (Å²) in [4.78, 5) is 0. The summed E-state index contributed by atoms with van der Waals surface area (Å²) in [5.41, 5.74) is 15.5. The molecule has 0 bridgehead atoms. The number of hydrogen-bond donors (Lipinski definition) is 0. The standard InChI is InChI=1S/C66H49BN2/c1-3-16-38(17-4-1)40-30-32-56-52(34-40)63-61-49-27-14-12-23-45(49)43-21-8-10-25-47(43)51(61)37-55-66(63)68(56)58-28-15-29-59-64(58)67(55)54-36-41(39-18-5-2-6-19-39)35-53-62-57(69(59)65(53)54)33-31-50-46-24-9-7-20-42(46)44-22-11-13-26-48(44)60(50)62/h7-15,20-39H,1-6,16-19H2. The maximum Gasteiger partial charge on any atom is 0.252 e. The molecule has 2 saturated carbocycles. The van der Waals surface area contributed by atoms with Crippen molar-refractivity contribution in [3.05, 3.63) is 175 Å². The lowest BCUT2D eigenvalue weighted by atomic mass is 9.34. The van der Waals surface area contributed by atoms with Gasteiger partial charge in [-0.3, -0.25) is 0 Å². The number of rotatable bonds is 2. The molecule has 4 aliphatic rings. The Balaban J connectivity index is 1.08. The second-order valence-corrected chi connectivity index (χ2v) is 21.4. The summed E-state index contributed by atoms with van der Waals surface area (Å²) >= 11 is 0. The van der Waals surface area contributed by atoms with Gasteiger partial charge in [0.15, 0.2) is 0 Å². The topological polar surface area (TPSA) is 9.86 Å². The molecule has 13 aromatic rings. The van der Waals surface area contributed by atoms with Crippen LogP contribution in [0.4, 0.5) is 0 Å². The van der Waals surface area contributed by atoms with Crippen molar-refractivity contribution in [3.63, 3.8) is 0 Å². The summed E-state index contributed by atoms with van der Waals surface area (Å²) in [5.74, 6) is 1.18. The lowest BCUT2D eigenvalue weighted by molar-refractivity contribution is 0.444. The fourth-order valence-corrected chi connectivity index (χ4v) is 15.3. The van der Waals surface area contributed by atoms with E-state index in [0.29, 0.717) is 11.8 Å². The summed E-state index contributed by atoms with van der Waals surface area (Å²) in [5, 5.41) is 21.9. The van der Waals surface area contributed by atoms with Crippen molar-refractivity contribution in [3.8, 4) is 11.4 Å². The first-order valence-corrected chi connectivity index (χ1v) is 26.1. The van der Waals surface area contributed by atoms with E-state index in [2.05, 4.69) is 173 Å². The van der Waals surface area contributed by atoms with Gasteiger partial charge in [0.2, 0.25) is 0 Å². The Labute approximate surface area is 400 Å². The van der Waals surface area contributed by atoms with Gasteiger partial charge in [-0.1, -0.05) is 166 Å². The molecule has 11 aromatic carbocycles. The van der Waals surface area contributed by atoms with Gasteiger partial charge in [0.25, 0.3) is 6.71 Å². The Morgan fingerprint density at radius 2 is 0.797 bits per heavy atom. The van der Waals surface area contributed by atoms with Gasteiger partial charge >= 0.3 is 0 Å². The molecule has 2 aliphatic carbocycles. The fourth-order valence-electron chi connectivity index (χ4n) is 15.3. The number of nitrogens with zero attached hydrogens (tertiary/aromatic N) is 2. The van der Waals surface area contributed by atoms with E-state index in [1.165, 1.54) is 211 Å². The number of fused-ring (bicyclic) bond motifs is 24. The van der Waals surface area contributed by atoms with Gasteiger partial charge in [-0.05, 0) is 155 Å². The summed E-state index contributed by atoms with van der Waals surface area (Å²) in [6.45, 7) is 0.0645. The summed E-state index contributed by atoms with van der Waals surface area (Å²) < 4.78 is 5.43. The molecule has 0 atom stereocenters. The van der Waals surface area contributed by atoms with E-state index in [4.69, 9.17) is 0 Å². The van der Waals surface area contributed by atoms with Crippen LogP contribution < -0.4 is 16.4 Å².